The molecule has 3 rings (SSSR count). The standard InChI is InChI=1S/C22H25N3O5/c1-29-18-9-3-15(4-10-18)22(28)25(17-7-8-17)14-21(27)23-13-20(26)24-16-5-11-19(30-2)12-6-16/h3-6,9-12,17H,7-8,13-14H2,1-2H3,(H,23,27)(H,24,26). The van der Waals surface area contributed by atoms with E-state index < -0.39 is 0 Å². The lowest BCUT2D eigenvalue weighted by Gasteiger charge is -2.22. The van der Waals surface area contributed by atoms with Crippen LogP contribution in [0.2, 0.25) is 0 Å². The summed E-state index contributed by atoms with van der Waals surface area (Å²) in [6, 6.07) is 13.7. The molecule has 0 radical (unpaired) electrons. The van der Waals surface area contributed by atoms with Crippen molar-refractivity contribution in [3.8, 4) is 11.5 Å². The molecule has 1 aliphatic rings. The van der Waals surface area contributed by atoms with E-state index in [1.54, 1.807) is 67.7 Å². The Bertz CT molecular complexity index is 892. The minimum absolute atomic E-state index is 0.0541. The predicted molar refractivity (Wildman–Crippen MR) is 112 cm³/mol. The van der Waals surface area contributed by atoms with Crippen LogP contribution in [-0.2, 0) is 9.59 Å². The number of rotatable bonds is 9. The van der Waals surface area contributed by atoms with Gasteiger partial charge in [-0.25, -0.2) is 0 Å². The lowest BCUT2D eigenvalue weighted by Crippen LogP contribution is -2.43. The zero-order chi connectivity index (χ0) is 21.5. The third-order valence-electron chi connectivity index (χ3n) is 4.72. The van der Waals surface area contributed by atoms with Gasteiger partial charge < -0.3 is 25.0 Å². The lowest BCUT2D eigenvalue weighted by molar-refractivity contribution is -0.124. The summed E-state index contributed by atoms with van der Waals surface area (Å²) in [4.78, 5) is 38.8. The molecule has 0 aromatic heterocycles. The Morgan fingerprint density at radius 3 is 2.00 bits per heavy atom. The van der Waals surface area contributed by atoms with Crippen molar-refractivity contribution in [2.45, 2.75) is 18.9 Å². The molecule has 0 heterocycles. The molecule has 2 N–H and O–H groups in total. The van der Waals surface area contributed by atoms with Gasteiger partial charge in [0.25, 0.3) is 5.91 Å². The highest BCUT2D eigenvalue weighted by atomic mass is 16.5. The van der Waals surface area contributed by atoms with Crippen LogP contribution in [0.3, 0.4) is 0 Å². The molecule has 8 heteroatoms. The van der Waals surface area contributed by atoms with Crippen LogP contribution < -0.4 is 20.1 Å². The van der Waals surface area contributed by atoms with E-state index in [1.165, 1.54) is 0 Å². The smallest absolute Gasteiger partial charge is 0.254 e. The number of ether oxygens (including phenoxy) is 2. The molecule has 0 bridgehead atoms. The minimum Gasteiger partial charge on any atom is -0.497 e. The number of anilines is 1. The van der Waals surface area contributed by atoms with E-state index in [0.717, 1.165) is 12.8 Å². The molecular weight excluding hydrogens is 386 g/mol. The zero-order valence-electron chi connectivity index (χ0n) is 17.0. The van der Waals surface area contributed by atoms with Gasteiger partial charge in [0, 0.05) is 17.3 Å². The lowest BCUT2D eigenvalue weighted by atomic mass is 10.2. The Morgan fingerprint density at radius 1 is 0.900 bits per heavy atom. The van der Waals surface area contributed by atoms with Crippen LogP contribution >= 0.6 is 0 Å². The van der Waals surface area contributed by atoms with Crippen LogP contribution in [0.25, 0.3) is 0 Å². The van der Waals surface area contributed by atoms with Gasteiger partial charge in [-0.05, 0) is 61.4 Å². The first-order chi connectivity index (χ1) is 14.5. The molecule has 3 amide bonds. The predicted octanol–water partition coefficient (Wildman–Crippen LogP) is 2.06. The Labute approximate surface area is 175 Å². The second-order valence-corrected chi connectivity index (χ2v) is 6.95. The summed E-state index contributed by atoms with van der Waals surface area (Å²) in [5.74, 6) is 0.396. The zero-order valence-corrected chi connectivity index (χ0v) is 17.0. The van der Waals surface area contributed by atoms with Crippen molar-refractivity contribution in [3.05, 3.63) is 54.1 Å². The average Bonchev–Trinajstić information content (AvgIpc) is 3.61. The van der Waals surface area contributed by atoms with Crippen LogP contribution in [0.4, 0.5) is 5.69 Å². The first kappa shape index (κ1) is 21.2. The fourth-order valence-corrected chi connectivity index (χ4v) is 2.92. The van der Waals surface area contributed by atoms with Crippen molar-refractivity contribution in [3.63, 3.8) is 0 Å². The average molecular weight is 411 g/mol. The molecule has 0 saturated heterocycles. The maximum Gasteiger partial charge on any atom is 0.254 e. The topological polar surface area (TPSA) is 97.0 Å². The van der Waals surface area contributed by atoms with Gasteiger partial charge in [0.05, 0.1) is 20.8 Å². The number of nitrogens with zero attached hydrogens (tertiary/aromatic N) is 1. The van der Waals surface area contributed by atoms with Gasteiger partial charge in [0.2, 0.25) is 11.8 Å². The summed E-state index contributed by atoms with van der Waals surface area (Å²) < 4.78 is 10.2. The van der Waals surface area contributed by atoms with Crippen LogP contribution in [0.1, 0.15) is 23.2 Å². The molecule has 8 nitrogen and oxygen atoms in total. The fourth-order valence-electron chi connectivity index (χ4n) is 2.92. The maximum atomic E-state index is 12.8. The van der Waals surface area contributed by atoms with E-state index in [0.29, 0.717) is 22.7 Å². The van der Waals surface area contributed by atoms with Crippen molar-refractivity contribution in [1.82, 2.24) is 10.2 Å². The monoisotopic (exact) mass is 411 g/mol. The van der Waals surface area contributed by atoms with Crippen molar-refractivity contribution >= 4 is 23.4 Å². The summed E-state index contributed by atoms with van der Waals surface area (Å²) in [6.45, 7) is -0.272. The molecule has 0 atom stereocenters. The molecule has 30 heavy (non-hydrogen) atoms. The van der Waals surface area contributed by atoms with Crippen molar-refractivity contribution in [1.29, 1.82) is 0 Å². The molecule has 0 spiro atoms. The van der Waals surface area contributed by atoms with E-state index in [1.807, 2.05) is 0 Å². The van der Waals surface area contributed by atoms with Gasteiger partial charge in [0.1, 0.15) is 18.0 Å². The highest BCUT2D eigenvalue weighted by Crippen LogP contribution is 2.28. The van der Waals surface area contributed by atoms with E-state index in [9.17, 15) is 14.4 Å². The molecule has 2 aromatic rings. The summed E-state index contributed by atoms with van der Waals surface area (Å²) in [7, 11) is 3.12. The van der Waals surface area contributed by atoms with Gasteiger partial charge in [-0.2, -0.15) is 0 Å². The number of methoxy groups -OCH3 is 2. The third-order valence-corrected chi connectivity index (χ3v) is 4.72. The van der Waals surface area contributed by atoms with Gasteiger partial charge in [-0.1, -0.05) is 0 Å². The van der Waals surface area contributed by atoms with Gasteiger partial charge in [0.15, 0.2) is 0 Å². The van der Waals surface area contributed by atoms with E-state index in [2.05, 4.69) is 10.6 Å². The Hall–Kier alpha value is -3.55. The molecule has 0 unspecified atom stereocenters. The fraction of sp³-hybridized carbons (Fsp3) is 0.318. The third kappa shape index (κ3) is 5.73. The van der Waals surface area contributed by atoms with Gasteiger partial charge in [-0.3, -0.25) is 14.4 Å². The molecule has 2 aromatic carbocycles. The number of amides is 3. The molecule has 0 aliphatic heterocycles. The van der Waals surface area contributed by atoms with E-state index in [4.69, 9.17) is 9.47 Å². The van der Waals surface area contributed by atoms with Crippen molar-refractivity contribution in [2.24, 2.45) is 0 Å². The summed E-state index contributed by atoms with van der Waals surface area (Å²) in [5, 5.41) is 5.27. The second-order valence-electron chi connectivity index (χ2n) is 6.95. The molecule has 1 fully saturated rings. The number of hydrogen-bond acceptors (Lipinski definition) is 5. The first-order valence-corrected chi connectivity index (χ1v) is 9.66. The SMILES string of the molecule is COc1ccc(NC(=O)CNC(=O)CN(C(=O)c2ccc(OC)cc2)C2CC2)cc1. The van der Waals surface area contributed by atoms with Crippen molar-refractivity contribution in [2.75, 3.05) is 32.6 Å². The largest absolute Gasteiger partial charge is 0.497 e. The van der Waals surface area contributed by atoms with Crippen LogP contribution in [0.5, 0.6) is 11.5 Å². The number of nitrogens with one attached hydrogen (secondary N) is 2. The highest BCUT2D eigenvalue weighted by Gasteiger charge is 2.34. The second kappa shape index (κ2) is 9.78. The number of benzene rings is 2. The summed E-state index contributed by atoms with van der Waals surface area (Å²) in [6.07, 6.45) is 1.74. The summed E-state index contributed by atoms with van der Waals surface area (Å²) >= 11 is 0. The number of carbonyl (C=O) groups excluding carboxylic acids is 3. The first-order valence-electron chi connectivity index (χ1n) is 9.66. The maximum absolute atomic E-state index is 12.8. The highest BCUT2D eigenvalue weighted by molar-refractivity contribution is 5.98. The van der Waals surface area contributed by atoms with Crippen molar-refractivity contribution < 1.29 is 23.9 Å². The Morgan fingerprint density at radius 2 is 1.47 bits per heavy atom. The van der Waals surface area contributed by atoms with E-state index in [-0.39, 0.29) is 36.9 Å². The molecule has 1 aliphatic carbocycles. The molecule has 1 saturated carbocycles. The normalized spacial score (nSPS) is 12.6. The Balaban J connectivity index is 1.51. The van der Waals surface area contributed by atoms with Gasteiger partial charge >= 0.3 is 0 Å². The van der Waals surface area contributed by atoms with Crippen LogP contribution in [-0.4, -0.2) is 56.0 Å². The Kier molecular flexibility index (Phi) is 6.90. The number of hydrogen-bond donors (Lipinski definition) is 2. The minimum atomic E-state index is -0.381. The van der Waals surface area contributed by atoms with Gasteiger partial charge in [-0.15, -0.1) is 0 Å². The summed E-state index contributed by atoms with van der Waals surface area (Å²) in [5.41, 5.74) is 1.09. The number of carbonyl (C=O) groups is 3. The molecular formula is C22H25N3O5. The van der Waals surface area contributed by atoms with E-state index >= 15 is 0 Å². The van der Waals surface area contributed by atoms with Crippen LogP contribution in [0, 0.1) is 0 Å². The molecule has 158 valence electrons. The quantitative estimate of drug-likeness (QED) is 0.658. The van der Waals surface area contributed by atoms with Crippen LogP contribution in [0.15, 0.2) is 48.5 Å².